The molecular formula is C20H16N4OS. The highest BCUT2D eigenvalue weighted by molar-refractivity contribution is 7.09. The summed E-state index contributed by atoms with van der Waals surface area (Å²) in [6.45, 7) is 0. The quantitative estimate of drug-likeness (QED) is 0.581. The molecule has 5 nitrogen and oxygen atoms in total. The second kappa shape index (κ2) is 7.33. The first-order valence-electron chi connectivity index (χ1n) is 8.19. The van der Waals surface area contributed by atoms with Gasteiger partial charge in [-0.2, -0.15) is 5.10 Å². The van der Waals surface area contributed by atoms with Crippen molar-refractivity contribution < 1.29 is 4.79 Å². The zero-order valence-corrected chi connectivity index (χ0v) is 14.7. The van der Waals surface area contributed by atoms with E-state index >= 15 is 0 Å². The van der Waals surface area contributed by atoms with Crippen molar-refractivity contribution in [3.8, 4) is 5.69 Å². The summed E-state index contributed by atoms with van der Waals surface area (Å²) in [5.74, 6) is 0.246. The lowest BCUT2D eigenvalue weighted by Crippen LogP contribution is -2.13. The van der Waals surface area contributed by atoms with Gasteiger partial charge in [-0.3, -0.25) is 4.79 Å². The fraction of sp³-hybridized carbons (Fsp3) is 0.0500. The fourth-order valence-corrected chi connectivity index (χ4v) is 3.37. The standard InChI is InChI=1S/C20H16N4OS/c25-20(17-14-26-19(21-17)13-15-7-3-1-4-8-15)22-18-11-12-24(23-18)16-9-5-2-6-10-16/h1-12,14H,13H2,(H,22,23,25). The van der Waals surface area contributed by atoms with Crippen molar-refractivity contribution >= 4 is 23.1 Å². The van der Waals surface area contributed by atoms with Crippen LogP contribution >= 0.6 is 11.3 Å². The minimum atomic E-state index is -0.251. The number of carbonyl (C=O) groups is 1. The van der Waals surface area contributed by atoms with Crippen molar-refractivity contribution in [2.75, 3.05) is 5.32 Å². The van der Waals surface area contributed by atoms with Gasteiger partial charge in [-0.25, -0.2) is 9.67 Å². The summed E-state index contributed by atoms with van der Waals surface area (Å²) >= 11 is 1.49. The Bertz CT molecular complexity index is 1010. The summed E-state index contributed by atoms with van der Waals surface area (Å²) in [6, 6.07) is 21.6. The highest BCUT2D eigenvalue weighted by atomic mass is 32.1. The molecule has 128 valence electrons. The van der Waals surface area contributed by atoms with Crippen LogP contribution in [0.5, 0.6) is 0 Å². The number of hydrogen-bond acceptors (Lipinski definition) is 4. The summed E-state index contributed by atoms with van der Waals surface area (Å²) in [4.78, 5) is 16.8. The Morgan fingerprint density at radius 1 is 1.00 bits per heavy atom. The smallest absolute Gasteiger partial charge is 0.276 e. The third-order valence-corrected chi connectivity index (χ3v) is 4.68. The van der Waals surface area contributed by atoms with Crippen molar-refractivity contribution in [3.05, 3.63) is 94.6 Å². The Labute approximate surface area is 155 Å². The third-order valence-electron chi connectivity index (χ3n) is 3.83. The first kappa shape index (κ1) is 16.2. The largest absolute Gasteiger partial charge is 0.304 e. The molecule has 2 aromatic carbocycles. The topological polar surface area (TPSA) is 59.8 Å². The zero-order chi connectivity index (χ0) is 17.8. The van der Waals surface area contributed by atoms with Gasteiger partial charge >= 0.3 is 0 Å². The molecule has 0 saturated carbocycles. The predicted octanol–water partition coefficient (Wildman–Crippen LogP) is 4.17. The summed E-state index contributed by atoms with van der Waals surface area (Å²) < 4.78 is 1.72. The second-order valence-electron chi connectivity index (χ2n) is 5.72. The third kappa shape index (κ3) is 3.70. The van der Waals surface area contributed by atoms with Gasteiger partial charge in [-0.05, 0) is 17.7 Å². The number of aromatic nitrogens is 3. The zero-order valence-electron chi connectivity index (χ0n) is 13.9. The molecule has 1 N–H and O–H groups in total. The van der Waals surface area contributed by atoms with Gasteiger partial charge in [0.15, 0.2) is 5.82 Å². The molecule has 2 heterocycles. The number of hydrogen-bond donors (Lipinski definition) is 1. The van der Waals surface area contributed by atoms with E-state index in [1.807, 2.05) is 54.7 Å². The van der Waals surface area contributed by atoms with Gasteiger partial charge in [0, 0.05) is 24.1 Å². The average molecular weight is 360 g/mol. The lowest BCUT2D eigenvalue weighted by atomic mass is 10.2. The highest BCUT2D eigenvalue weighted by Crippen LogP contribution is 2.16. The number of rotatable bonds is 5. The Balaban J connectivity index is 1.43. The lowest BCUT2D eigenvalue weighted by molar-refractivity contribution is 0.102. The first-order valence-corrected chi connectivity index (χ1v) is 9.07. The Hall–Kier alpha value is -3.25. The molecule has 0 radical (unpaired) electrons. The monoisotopic (exact) mass is 360 g/mol. The molecule has 0 bridgehead atoms. The van der Waals surface area contributed by atoms with Crippen molar-refractivity contribution in [1.82, 2.24) is 14.8 Å². The van der Waals surface area contributed by atoms with E-state index in [0.29, 0.717) is 11.5 Å². The molecule has 0 spiro atoms. The van der Waals surface area contributed by atoms with Crippen LogP contribution in [0.25, 0.3) is 5.69 Å². The van der Waals surface area contributed by atoms with Crippen LogP contribution in [0.2, 0.25) is 0 Å². The minimum Gasteiger partial charge on any atom is -0.304 e. The van der Waals surface area contributed by atoms with Crippen LogP contribution in [0.3, 0.4) is 0 Å². The van der Waals surface area contributed by atoms with E-state index < -0.39 is 0 Å². The molecule has 0 fully saturated rings. The predicted molar refractivity (Wildman–Crippen MR) is 103 cm³/mol. The lowest BCUT2D eigenvalue weighted by Gasteiger charge is -2.01. The van der Waals surface area contributed by atoms with Crippen molar-refractivity contribution in [2.45, 2.75) is 6.42 Å². The number of amides is 1. The number of nitrogens with zero attached hydrogens (tertiary/aromatic N) is 3. The normalized spacial score (nSPS) is 10.6. The molecule has 0 atom stereocenters. The molecule has 0 saturated heterocycles. The maximum atomic E-state index is 12.4. The van der Waals surface area contributed by atoms with Crippen molar-refractivity contribution in [2.24, 2.45) is 0 Å². The Morgan fingerprint density at radius 3 is 2.50 bits per heavy atom. The highest BCUT2D eigenvalue weighted by Gasteiger charge is 2.13. The molecule has 0 aliphatic rings. The Kier molecular flexibility index (Phi) is 4.57. The van der Waals surface area contributed by atoms with Gasteiger partial charge < -0.3 is 5.32 Å². The van der Waals surface area contributed by atoms with Gasteiger partial charge in [-0.1, -0.05) is 48.5 Å². The van der Waals surface area contributed by atoms with Crippen molar-refractivity contribution in [1.29, 1.82) is 0 Å². The van der Waals surface area contributed by atoms with E-state index in [1.165, 1.54) is 16.9 Å². The number of nitrogens with one attached hydrogen (secondary N) is 1. The average Bonchev–Trinajstić information content (AvgIpc) is 3.33. The van der Waals surface area contributed by atoms with E-state index in [9.17, 15) is 4.79 Å². The number of anilines is 1. The fourth-order valence-electron chi connectivity index (χ4n) is 2.56. The van der Waals surface area contributed by atoms with Gasteiger partial charge in [-0.15, -0.1) is 11.3 Å². The minimum absolute atomic E-state index is 0.251. The maximum Gasteiger partial charge on any atom is 0.276 e. The van der Waals surface area contributed by atoms with Crippen LogP contribution in [0, 0.1) is 0 Å². The number of carbonyl (C=O) groups excluding carboxylic acids is 1. The number of benzene rings is 2. The summed E-state index contributed by atoms with van der Waals surface area (Å²) in [7, 11) is 0. The van der Waals surface area contributed by atoms with Gasteiger partial charge in [0.1, 0.15) is 5.69 Å². The molecule has 0 aliphatic carbocycles. The summed E-state index contributed by atoms with van der Waals surface area (Å²) in [5.41, 5.74) is 2.53. The molecule has 6 heteroatoms. The Morgan fingerprint density at radius 2 is 1.73 bits per heavy atom. The van der Waals surface area contributed by atoms with Gasteiger partial charge in [0.05, 0.1) is 10.7 Å². The first-order chi connectivity index (χ1) is 12.8. The molecule has 1 amide bonds. The maximum absolute atomic E-state index is 12.4. The summed E-state index contributed by atoms with van der Waals surface area (Å²) in [5, 5.41) is 9.87. The van der Waals surface area contributed by atoms with E-state index in [0.717, 1.165) is 17.1 Å². The van der Waals surface area contributed by atoms with Gasteiger partial charge in [0.2, 0.25) is 0 Å². The van der Waals surface area contributed by atoms with Gasteiger partial charge in [0.25, 0.3) is 5.91 Å². The van der Waals surface area contributed by atoms with Crippen LogP contribution in [-0.4, -0.2) is 20.7 Å². The SMILES string of the molecule is O=C(Nc1ccn(-c2ccccc2)n1)c1csc(Cc2ccccc2)n1. The van der Waals surface area contributed by atoms with Crippen LogP contribution in [0.15, 0.2) is 78.3 Å². The second-order valence-corrected chi connectivity index (χ2v) is 6.67. The van der Waals surface area contributed by atoms with Crippen molar-refractivity contribution in [3.63, 3.8) is 0 Å². The van der Waals surface area contributed by atoms with Crippen LogP contribution < -0.4 is 5.32 Å². The molecular weight excluding hydrogens is 344 g/mol. The van der Waals surface area contributed by atoms with Crippen LogP contribution in [0.1, 0.15) is 21.1 Å². The van der Waals surface area contributed by atoms with E-state index in [4.69, 9.17) is 0 Å². The van der Waals surface area contributed by atoms with Crippen LogP contribution in [-0.2, 0) is 6.42 Å². The van der Waals surface area contributed by atoms with Crippen LogP contribution in [0.4, 0.5) is 5.82 Å². The molecule has 0 unspecified atom stereocenters. The number of para-hydroxylation sites is 1. The molecule has 0 aliphatic heterocycles. The number of thiazole rings is 1. The summed E-state index contributed by atoms with van der Waals surface area (Å²) in [6.07, 6.45) is 2.54. The molecule has 4 aromatic rings. The molecule has 4 rings (SSSR count). The molecule has 26 heavy (non-hydrogen) atoms. The van der Waals surface area contributed by atoms with E-state index in [2.05, 4.69) is 27.5 Å². The molecule has 2 aromatic heterocycles. The van der Waals surface area contributed by atoms with E-state index in [-0.39, 0.29) is 5.91 Å². The van der Waals surface area contributed by atoms with E-state index in [1.54, 1.807) is 16.1 Å².